The van der Waals surface area contributed by atoms with Crippen molar-refractivity contribution in [1.82, 2.24) is 10.2 Å². The quantitative estimate of drug-likeness (QED) is 0.919. The first-order valence-corrected chi connectivity index (χ1v) is 7.40. The number of halogens is 1. The van der Waals surface area contributed by atoms with Crippen molar-refractivity contribution in [2.45, 2.75) is 26.2 Å². The van der Waals surface area contributed by atoms with Gasteiger partial charge in [-0.05, 0) is 37.5 Å². The summed E-state index contributed by atoms with van der Waals surface area (Å²) < 4.78 is 12.8. The molecule has 0 spiro atoms. The summed E-state index contributed by atoms with van der Waals surface area (Å²) in [7, 11) is 0. The molecule has 1 fully saturated rings. The van der Waals surface area contributed by atoms with E-state index in [9.17, 15) is 14.0 Å². The molecule has 1 aliphatic heterocycles. The fourth-order valence-electron chi connectivity index (χ4n) is 2.60. The minimum Gasteiger partial charge on any atom is -0.356 e. The molecule has 1 aliphatic rings. The lowest BCUT2D eigenvalue weighted by Crippen LogP contribution is -2.43. The molecule has 1 heterocycles. The summed E-state index contributed by atoms with van der Waals surface area (Å²) in [6, 6.07) is 6.00. The molecule has 2 amide bonds. The molecule has 0 atom stereocenters. The second kappa shape index (κ2) is 7.20. The highest BCUT2D eigenvalue weighted by Crippen LogP contribution is 2.18. The Hall–Kier alpha value is -1.91. The monoisotopic (exact) mass is 292 g/mol. The minimum absolute atomic E-state index is 0.0137. The van der Waals surface area contributed by atoms with Crippen molar-refractivity contribution in [3.8, 4) is 0 Å². The lowest BCUT2D eigenvalue weighted by molar-refractivity contribution is -0.135. The maximum Gasteiger partial charge on any atom is 0.226 e. The number of nitrogens with zero attached hydrogens (tertiary/aromatic N) is 1. The number of benzene rings is 1. The van der Waals surface area contributed by atoms with Gasteiger partial charge in [0.25, 0.3) is 0 Å². The zero-order valence-electron chi connectivity index (χ0n) is 12.3. The van der Waals surface area contributed by atoms with Crippen LogP contribution in [-0.2, 0) is 16.0 Å². The summed E-state index contributed by atoms with van der Waals surface area (Å²) in [5, 5.41) is 2.83. The van der Waals surface area contributed by atoms with Gasteiger partial charge >= 0.3 is 0 Å². The van der Waals surface area contributed by atoms with Crippen molar-refractivity contribution in [2.24, 2.45) is 5.92 Å². The number of nitrogens with one attached hydrogen (secondary N) is 1. The summed E-state index contributed by atoms with van der Waals surface area (Å²) in [5.74, 6) is -0.159. The number of hydrogen-bond donors (Lipinski definition) is 1. The topological polar surface area (TPSA) is 49.4 Å². The lowest BCUT2D eigenvalue weighted by Gasteiger charge is -2.31. The van der Waals surface area contributed by atoms with Gasteiger partial charge in [0.05, 0.1) is 6.42 Å². The maximum absolute atomic E-state index is 12.8. The van der Waals surface area contributed by atoms with E-state index < -0.39 is 0 Å². The molecule has 2 rings (SSSR count). The van der Waals surface area contributed by atoms with Gasteiger partial charge < -0.3 is 10.2 Å². The van der Waals surface area contributed by atoms with E-state index in [1.165, 1.54) is 12.1 Å². The van der Waals surface area contributed by atoms with Crippen LogP contribution in [0.5, 0.6) is 0 Å². The van der Waals surface area contributed by atoms with E-state index in [1.807, 2.05) is 6.92 Å². The van der Waals surface area contributed by atoms with Crippen molar-refractivity contribution < 1.29 is 14.0 Å². The van der Waals surface area contributed by atoms with E-state index in [0.717, 1.165) is 5.56 Å². The first-order chi connectivity index (χ1) is 10.1. The van der Waals surface area contributed by atoms with Crippen LogP contribution in [-0.4, -0.2) is 36.3 Å². The van der Waals surface area contributed by atoms with Crippen molar-refractivity contribution >= 4 is 11.8 Å². The van der Waals surface area contributed by atoms with Crippen LogP contribution >= 0.6 is 0 Å². The van der Waals surface area contributed by atoms with Gasteiger partial charge in [0, 0.05) is 25.6 Å². The van der Waals surface area contributed by atoms with Gasteiger partial charge in [-0.2, -0.15) is 0 Å². The van der Waals surface area contributed by atoms with Gasteiger partial charge in [-0.25, -0.2) is 4.39 Å². The van der Waals surface area contributed by atoms with Crippen molar-refractivity contribution in [3.05, 3.63) is 35.6 Å². The molecule has 0 aliphatic carbocycles. The first-order valence-electron chi connectivity index (χ1n) is 7.40. The van der Waals surface area contributed by atoms with Crippen LogP contribution in [0.3, 0.4) is 0 Å². The molecule has 114 valence electrons. The molecule has 0 unspecified atom stereocenters. The number of carbonyl (C=O) groups is 2. The molecule has 1 aromatic rings. The third-order valence-corrected chi connectivity index (χ3v) is 3.84. The third-order valence-electron chi connectivity index (χ3n) is 3.84. The van der Waals surface area contributed by atoms with Gasteiger partial charge in [0.1, 0.15) is 5.82 Å². The first kappa shape index (κ1) is 15.5. The molecule has 0 aromatic heterocycles. The fourth-order valence-corrected chi connectivity index (χ4v) is 2.60. The van der Waals surface area contributed by atoms with E-state index in [4.69, 9.17) is 0 Å². The van der Waals surface area contributed by atoms with Crippen molar-refractivity contribution in [2.75, 3.05) is 19.6 Å². The van der Waals surface area contributed by atoms with Gasteiger partial charge in [0.2, 0.25) is 11.8 Å². The number of amides is 2. The van der Waals surface area contributed by atoms with Crippen LogP contribution in [0.4, 0.5) is 4.39 Å². The molecule has 0 saturated carbocycles. The number of hydrogen-bond acceptors (Lipinski definition) is 2. The fraction of sp³-hybridized carbons (Fsp3) is 0.500. The Morgan fingerprint density at radius 1 is 1.24 bits per heavy atom. The van der Waals surface area contributed by atoms with Crippen LogP contribution in [0.25, 0.3) is 0 Å². The van der Waals surface area contributed by atoms with Crippen LogP contribution in [0.1, 0.15) is 25.3 Å². The van der Waals surface area contributed by atoms with E-state index in [1.54, 1.807) is 17.0 Å². The smallest absolute Gasteiger partial charge is 0.226 e. The Morgan fingerprint density at radius 3 is 2.43 bits per heavy atom. The summed E-state index contributed by atoms with van der Waals surface area (Å²) in [4.78, 5) is 25.7. The molecule has 1 aromatic carbocycles. The Labute approximate surface area is 124 Å². The lowest BCUT2D eigenvalue weighted by atomic mass is 9.95. The maximum atomic E-state index is 12.8. The average molecular weight is 292 g/mol. The van der Waals surface area contributed by atoms with Gasteiger partial charge in [-0.1, -0.05) is 12.1 Å². The highest BCUT2D eigenvalue weighted by Gasteiger charge is 2.26. The van der Waals surface area contributed by atoms with E-state index in [0.29, 0.717) is 32.5 Å². The Balaban J connectivity index is 1.83. The average Bonchev–Trinajstić information content (AvgIpc) is 2.50. The standard InChI is InChI=1S/C16H21FN2O2/c1-2-18-16(21)13-7-9-19(10-8-13)15(20)11-12-3-5-14(17)6-4-12/h3-6,13H,2,7-11H2,1H3,(H,18,21). The van der Waals surface area contributed by atoms with Gasteiger partial charge in [-0.15, -0.1) is 0 Å². The van der Waals surface area contributed by atoms with Crippen LogP contribution in [0.2, 0.25) is 0 Å². The molecular formula is C16H21FN2O2. The number of likely N-dealkylation sites (tertiary alicyclic amines) is 1. The summed E-state index contributed by atoms with van der Waals surface area (Å²) in [5.41, 5.74) is 0.812. The van der Waals surface area contributed by atoms with E-state index >= 15 is 0 Å². The molecule has 1 saturated heterocycles. The van der Waals surface area contributed by atoms with Crippen molar-refractivity contribution in [1.29, 1.82) is 0 Å². The van der Waals surface area contributed by atoms with Crippen LogP contribution in [0, 0.1) is 11.7 Å². The highest BCUT2D eigenvalue weighted by atomic mass is 19.1. The summed E-state index contributed by atoms with van der Waals surface area (Å²) in [6.07, 6.45) is 1.70. The second-order valence-electron chi connectivity index (χ2n) is 5.35. The van der Waals surface area contributed by atoms with Crippen molar-refractivity contribution in [3.63, 3.8) is 0 Å². The minimum atomic E-state index is -0.297. The molecule has 21 heavy (non-hydrogen) atoms. The zero-order chi connectivity index (χ0) is 15.2. The largest absolute Gasteiger partial charge is 0.356 e. The Morgan fingerprint density at radius 2 is 1.86 bits per heavy atom. The predicted octanol–water partition coefficient (Wildman–Crippen LogP) is 1.74. The molecular weight excluding hydrogens is 271 g/mol. The normalized spacial score (nSPS) is 15.8. The van der Waals surface area contributed by atoms with Crippen LogP contribution in [0.15, 0.2) is 24.3 Å². The Kier molecular flexibility index (Phi) is 5.31. The van der Waals surface area contributed by atoms with E-state index in [-0.39, 0.29) is 30.0 Å². The summed E-state index contributed by atoms with van der Waals surface area (Å²) in [6.45, 7) is 3.77. The zero-order valence-corrected chi connectivity index (χ0v) is 12.3. The number of rotatable bonds is 4. The molecule has 5 heteroatoms. The molecule has 0 radical (unpaired) electrons. The van der Waals surface area contributed by atoms with Gasteiger partial charge in [0.15, 0.2) is 0 Å². The number of carbonyl (C=O) groups excluding carboxylic acids is 2. The van der Waals surface area contributed by atoms with E-state index in [2.05, 4.69) is 5.32 Å². The highest BCUT2D eigenvalue weighted by molar-refractivity contribution is 5.81. The van der Waals surface area contributed by atoms with Crippen LogP contribution < -0.4 is 5.32 Å². The second-order valence-corrected chi connectivity index (χ2v) is 5.35. The SMILES string of the molecule is CCNC(=O)C1CCN(C(=O)Cc2ccc(F)cc2)CC1. The van der Waals surface area contributed by atoms with Gasteiger partial charge in [-0.3, -0.25) is 9.59 Å². The number of piperidine rings is 1. The Bertz CT molecular complexity index is 494. The molecule has 4 nitrogen and oxygen atoms in total. The predicted molar refractivity (Wildman–Crippen MR) is 78.1 cm³/mol. The summed E-state index contributed by atoms with van der Waals surface area (Å²) >= 11 is 0. The molecule has 0 bridgehead atoms. The third kappa shape index (κ3) is 4.28. The molecule has 1 N–H and O–H groups in total.